The number of pyridine rings is 1. The molecule has 0 bridgehead atoms. The van der Waals surface area contributed by atoms with Crippen LogP contribution >= 0.6 is 22.9 Å². The van der Waals surface area contributed by atoms with Crippen molar-refractivity contribution in [1.29, 1.82) is 0 Å². The van der Waals surface area contributed by atoms with Crippen molar-refractivity contribution >= 4 is 66.4 Å². The van der Waals surface area contributed by atoms with E-state index in [1.165, 1.54) is 36.6 Å². The Morgan fingerprint density at radius 2 is 1.98 bits per heavy atom. The average Bonchev–Trinajstić information content (AvgIpc) is 3.66. The second-order valence-corrected chi connectivity index (χ2v) is 13.6. The second kappa shape index (κ2) is 12.7. The van der Waals surface area contributed by atoms with E-state index < -0.39 is 21.8 Å². The van der Waals surface area contributed by atoms with Gasteiger partial charge in [-0.3, -0.25) is 4.79 Å². The molecule has 2 aliphatic heterocycles. The van der Waals surface area contributed by atoms with Crippen LogP contribution in [0.25, 0.3) is 10.8 Å². The van der Waals surface area contributed by atoms with Gasteiger partial charge in [-0.25, -0.2) is 23.2 Å². The van der Waals surface area contributed by atoms with Gasteiger partial charge in [-0.05, 0) is 55.3 Å². The molecule has 2 aromatic heterocycles. The predicted octanol–water partition coefficient (Wildman–Crippen LogP) is 3.96. The first kappa shape index (κ1) is 30.0. The van der Waals surface area contributed by atoms with Crippen molar-refractivity contribution in [3.63, 3.8) is 0 Å². The van der Waals surface area contributed by atoms with Crippen LogP contribution in [0.5, 0.6) is 0 Å². The van der Waals surface area contributed by atoms with Gasteiger partial charge in [0.05, 0.1) is 12.8 Å². The number of carbonyl (C=O) groups excluding carboxylic acids is 2. The highest BCUT2D eigenvalue weighted by atomic mass is 35.5. The maximum atomic E-state index is 12.5. The Kier molecular flexibility index (Phi) is 9.52. The zero-order chi connectivity index (χ0) is 29.0. The first-order chi connectivity index (χ1) is 19.0. The maximum absolute atomic E-state index is 12.5. The van der Waals surface area contributed by atoms with Gasteiger partial charge in [0.2, 0.25) is 5.91 Å². The third kappa shape index (κ3) is 6.84. The minimum Gasteiger partial charge on any atom is -0.464 e. The van der Waals surface area contributed by atoms with E-state index in [0.717, 1.165) is 41.0 Å². The number of thiazole rings is 1. The van der Waals surface area contributed by atoms with Gasteiger partial charge in [-0.2, -0.15) is 0 Å². The van der Waals surface area contributed by atoms with Crippen molar-refractivity contribution in [3.05, 3.63) is 41.2 Å². The van der Waals surface area contributed by atoms with E-state index in [9.17, 15) is 18.0 Å². The Morgan fingerprint density at radius 3 is 2.58 bits per heavy atom. The third-order valence-corrected chi connectivity index (χ3v) is 10.2. The van der Waals surface area contributed by atoms with Crippen LogP contribution in [0.3, 0.4) is 0 Å². The zero-order valence-corrected chi connectivity index (χ0v) is 25.2. The van der Waals surface area contributed by atoms with E-state index in [-0.39, 0.29) is 18.4 Å². The predicted molar refractivity (Wildman–Crippen MR) is 157 cm³/mol. The highest BCUT2D eigenvalue weighted by molar-refractivity contribution is 7.92. The van der Waals surface area contributed by atoms with Crippen molar-refractivity contribution in [3.8, 4) is 0 Å². The molecule has 0 unspecified atom stereocenters. The first-order valence-corrected chi connectivity index (χ1v) is 16.3. The number of amides is 1. The Morgan fingerprint density at radius 1 is 1.25 bits per heavy atom. The molecule has 0 aliphatic carbocycles. The molecule has 2 atom stereocenters. The summed E-state index contributed by atoms with van der Waals surface area (Å²) in [4.78, 5) is 36.9. The number of sulfone groups is 1. The minimum atomic E-state index is -3.08. The molecule has 4 heterocycles. The molecule has 40 heavy (non-hydrogen) atoms. The summed E-state index contributed by atoms with van der Waals surface area (Å²) in [5.74, 6) is -0.0972. The normalized spacial score (nSPS) is 18.1. The molecule has 2 fully saturated rings. The van der Waals surface area contributed by atoms with Gasteiger partial charge in [0.1, 0.15) is 16.1 Å². The lowest BCUT2D eigenvalue weighted by Crippen LogP contribution is -2.45. The summed E-state index contributed by atoms with van der Waals surface area (Å²) < 4.78 is 28.0. The fourth-order valence-corrected chi connectivity index (χ4v) is 6.84. The number of nitrogens with two attached hydrogens (primary N) is 1. The Labute approximate surface area is 243 Å². The molecule has 5 rings (SSSR count). The summed E-state index contributed by atoms with van der Waals surface area (Å²) in [6.45, 7) is 6.44. The standard InChI is InChI=1S/C19H22ClN3O3.C8H12N2O2S2/c1-3-26-19(25)16(23-7-5-11(2)18(23)24)9-13-8-12-4-6-22-17(21)14(12)10-15(13)20;1-14(11,12)7-6-9-8(13-7)10-4-2-3-5-10/h4,6,8,10-11,16H,3,5,7,9H2,1-2H3,(H2,21,22);6H,2-5H2,1H3/t11-,16+;/m0./s1. The number of rotatable bonds is 7. The van der Waals surface area contributed by atoms with Gasteiger partial charge in [0.15, 0.2) is 15.0 Å². The highest BCUT2D eigenvalue weighted by Gasteiger charge is 2.38. The molecular weight excluding hydrogens is 574 g/mol. The number of nitrogens with zero attached hydrogens (tertiary/aromatic N) is 4. The number of ether oxygens (including phenoxy) is 1. The molecular formula is C27H34ClN5O5S2. The number of anilines is 2. The third-order valence-electron chi connectivity index (χ3n) is 7.03. The van der Waals surface area contributed by atoms with Crippen LogP contribution in [0.1, 0.15) is 38.7 Å². The Bertz CT molecular complexity index is 1490. The summed E-state index contributed by atoms with van der Waals surface area (Å²) >= 11 is 7.70. The van der Waals surface area contributed by atoms with Gasteiger partial charge < -0.3 is 20.3 Å². The fourth-order valence-electron chi connectivity index (χ4n) is 4.82. The molecule has 2 N–H and O–H groups in total. The molecule has 0 saturated carbocycles. The summed E-state index contributed by atoms with van der Waals surface area (Å²) in [6.07, 6.45) is 7.68. The summed E-state index contributed by atoms with van der Waals surface area (Å²) in [5, 5.41) is 2.98. The quantitative estimate of drug-likeness (QED) is 0.396. The van der Waals surface area contributed by atoms with Crippen LogP contribution in [-0.2, 0) is 30.6 Å². The number of hydrogen-bond donors (Lipinski definition) is 1. The molecule has 10 nitrogen and oxygen atoms in total. The van der Waals surface area contributed by atoms with E-state index in [2.05, 4.69) is 14.9 Å². The fraction of sp³-hybridized carbons (Fsp3) is 0.481. The largest absolute Gasteiger partial charge is 0.464 e. The van der Waals surface area contributed by atoms with E-state index in [1.54, 1.807) is 24.1 Å². The SMILES string of the molecule is CCOC(=O)[C@@H](Cc1cc2ccnc(N)c2cc1Cl)N1CC[C@H](C)C1=O.CS(=O)(=O)c1cnc(N2CCCC2)s1. The van der Waals surface area contributed by atoms with Crippen LogP contribution in [0.2, 0.25) is 5.02 Å². The molecule has 216 valence electrons. The lowest BCUT2D eigenvalue weighted by Gasteiger charge is -2.27. The first-order valence-electron chi connectivity index (χ1n) is 13.2. The highest BCUT2D eigenvalue weighted by Crippen LogP contribution is 2.30. The monoisotopic (exact) mass is 607 g/mol. The molecule has 1 aromatic carbocycles. The van der Waals surface area contributed by atoms with Crippen LogP contribution in [-0.4, -0.2) is 73.7 Å². The number of esters is 1. The Balaban J connectivity index is 0.000000222. The van der Waals surface area contributed by atoms with E-state index in [4.69, 9.17) is 22.1 Å². The topological polar surface area (TPSA) is 136 Å². The van der Waals surface area contributed by atoms with Crippen molar-refractivity contribution in [2.45, 2.75) is 49.8 Å². The van der Waals surface area contributed by atoms with Gasteiger partial charge >= 0.3 is 5.97 Å². The maximum Gasteiger partial charge on any atom is 0.329 e. The number of carbonyl (C=O) groups is 2. The van der Waals surface area contributed by atoms with E-state index >= 15 is 0 Å². The number of fused-ring (bicyclic) bond motifs is 1. The Hall–Kier alpha value is -2.96. The molecule has 2 aliphatic rings. The minimum absolute atomic E-state index is 0.0200. The average molecular weight is 608 g/mol. The number of halogens is 1. The molecule has 0 radical (unpaired) electrons. The molecule has 13 heteroatoms. The van der Waals surface area contributed by atoms with Gasteiger partial charge in [0, 0.05) is 54.8 Å². The van der Waals surface area contributed by atoms with Crippen molar-refractivity contribution in [2.24, 2.45) is 5.92 Å². The van der Waals surface area contributed by atoms with Gasteiger partial charge in [-0.1, -0.05) is 29.9 Å². The van der Waals surface area contributed by atoms with Crippen LogP contribution in [0, 0.1) is 5.92 Å². The van der Waals surface area contributed by atoms with Crippen molar-refractivity contribution < 1.29 is 22.7 Å². The van der Waals surface area contributed by atoms with Crippen LogP contribution in [0.15, 0.2) is 34.8 Å². The lowest BCUT2D eigenvalue weighted by molar-refractivity contribution is -0.153. The van der Waals surface area contributed by atoms with Crippen molar-refractivity contribution in [2.75, 3.05) is 43.1 Å². The molecule has 1 amide bonds. The van der Waals surface area contributed by atoms with E-state index in [1.807, 2.05) is 19.1 Å². The molecule has 3 aromatic rings. The number of aromatic nitrogens is 2. The zero-order valence-electron chi connectivity index (χ0n) is 22.8. The number of hydrogen-bond acceptors (Lipinski definition) is 10. The number of nitrogen functional groups attached to an aromatic ring is 1. The molecule has 2 saturated heterocycles. The van der Waals surface area contributed by atoms with Crippen LogP contribution in [0.4, 0.5) is 10.9 Å². The lowest BCUT2D eigenvalue weighted by atomic mass is 10.0. The van der Waals surface area contributed by atoms with Crippen LogP contribution < -0.4 is 10.6 Å². The smallest absolute Gasteiger partial charge is 0.329 e. The number of likely N-dealkylation sites (tertiary alicyclic amines) is 1. The van der Waals surface area contributed by atoms with Gasteiger partial charge in [0.25, 0.3) is 0 Å². The summed E-state index contributed by atoms with van der Waals surface area (Å²) in [6, 6.07) is 4.81. The molecule has 0 spiro atoms. The summed E-state index contributed by atoms with van der Waals surface area (Å²) in [7, 11) is -3.08. The van der Waals surface area contributed by atoms with Gasteiger partial charge in [-0.15, -0.1) is 0 Å². The second-order valence-electron chi connectivity index (χ2n) is 9.98. The summed E-state index contributed by atoms with van der Waals surface area (Å²) in [5.41, 5.74) is 6.67. The van der Waals surface area contributed by atoms with E-state index in [0.29, 0.717) is 28.0 Å². The van der Waals surface area contributed by atoms with Crippen molar-refractivity contribution in [1.82, 2.24) is 14.9 Å². The number of benzene rings is 1.